The minimum absolute atomic E-state index is 0.0476. The number of anilines is 2. The van der Waals surface area contributed by atoms with Gasteiger partial charge in [-0.3, -0.25) is 14.4 Å². The van der Waals surface area contributed by atoms with Gasteiger partial charge in [0.15, 0.2) is 12.4 Å². The lowest BCUT2D eigenvalue weighted by atomic mass is 10.2. The number of hydrogen-bond acceptors (Lipinski definition) is 7. The first-order valence-corrected chi connectivity index (χ1v) is 10.5. The fourth-order valence-corrected chi connectivity index (χ4v) is 4.51. The standard InChI is InChI=1S/C18H13ClF2N4O5S/c1-9-22-17(23-30-9)7-25-14-5-11(19)16(6-15(14)29-8-18(25)26)31(27,28)24-13-3-2-10(20)4-12(13)21/h2-6,24H,7-8H2,1H3. The number of halogens is 3. The summed E-state index contributed by atoms with van der Waals surface area (Å²) in [6.45, 7) is 1.19. The van der Waals surface area contributed by atoms with Crippen LogP contribution in [0.15, 0.2) is 39.8 Å². The van der Waals surface area contributed by atoms with Gasteiger partial charge in [0, 0.05) is 19.1 Å². The average molecular weight is 471 g/mol. The van der Waals surface area contributed by atoms with Gasteiger partial charge >= 0.3 is 0 Å². The van der Waals surface area contributed by atoms with Crippen molar-refractivity contribution in [1.82, 2.24) is 10.1 Å². The lowest BCUT2D eigenvalue weighted by molar-refractivity contribution is -0.121. The molecule has 162 valence electrons. The fraction of sp³-hybridized carbons (Fsp3) is 0.167. The third kappa shape index (κ3) is 4.16. The number of ether oxygens (including phenoxy) is 1. The lowest BCUT2D eigenvalue weighted by Crippen LogP contribution is -2.38. The molecule has 2 heterocycles. The van der Waals surface area contributed by atoms with Gasteiger partial charge in [-0.2, -0.15) is 4.98 Å². The van der Waals surface area contributed by atoms with Crippen LogP contribution in [0.5, 0.6) is 5.75 Å². The van der Waals surface area contributed by atoms with Crippen molar-refractivity contribution in [2.45, 2.75) is 18.4 Å². The topological polar surface area (TPSA) is 115 Å². The first-order chi connectivity index (χ1) is 14.6. The van der Waals surface area contributed by atoms with Crippen molar-refractivity contribution in [3.8, 4) is 5.75 Å². The number of sulfonamides is 1. The van der Waals surface area contributed by atoms with E-state index < -0.39 is 38.1 Å². The summed E-state index contributed by atoms with van der Waals surface area (Å²) in [6, 6.07) is 4.73. The molecule has 1 aromatic heterocycles. The Morgan fingerprint density at radius 3 is 2.71 bits per heavy atom. The SMILES string of the molecule is Cc1nc(CN2C(=O)COc3cc(S(=O)(=O)Nc4ccc(F)cc4F)c(Cl)cc32)no1. The van der Waals surface area contributed by atoms with E-state index in [4.69, 9.17) is 20.9 Å². The van der Waals surface area contributed by atoms with Gasteiger partial charge < -0.3 is 9.26 Å². The van der Waals surface area contributed by atoms with Crippen LogP contribution in [0, 0.1) is 18.6 Å². The molecule has 0 unspecified atom stereocenters. The molecule has 0 atom stereocenters. The Morgan fingerprint density at radius 1 is 1.26 bits per heavy atom. The number of aromatic nitrogens is 2. The zero-order valence-corrected chi connectivity index (χ0v) is 17.3. The maximum Gasteiger partial charge on any atom is 0.265 e. The van der Waals surface area contributed by atoms with E-state index in [0.717, 1.165) is 18.2 Å². The normalized spacial score (nSPS) is 13.7. The number of aryl methyl sites for hydroxylation is 1. The van der Waals surface area contributed by atoms with Crippen molar-refractivity contribution in [1.29, 1.82) is 0 Å². The van der Waals surface area contributed by atoms with Gasteiger partial charge in [0.2, 0.25) is 5.89 Å². The molecule has 4 rings (SSSR count). The fourth-order valence-electron chi connectivity index (χ4n) is 2.90. The van der Waals surface area contributed by atoms with Crippen molar-refractivity contribution in [2.75, 3.05) is 16.2 Å². The lowest BCUT2D eigenvalue weighted by Gasteiger charge is -2.29. The molecule has 2 aromatic carbocycles. The summed E-state index contributed by atoms with van der Waals surface area (Å²) in [4.78, 5) is 17.2. The second-order valence-corrected chi connectivity index (χ2v) is 8.54. The van der Waals surface area contributed by atoms with Crippen LogP contribution >= 0.6 is 11.6 Å². The molecule has 0 bridgehead atoms. The van der Waals surface area contributed by atoms with Gasteiger partial charge in [0.1, 0.15) is 22.3 Å². The second kappa shape index (κ2) is 7.78. The van der Waals surface area contributed by atoms with E-state index >= 15 is 0 Å². The molecule has 1 N–H and O–H groups in total. The third-order valence-electron chi connectivity index (χ3n) is 4.29. The Kier molecular flexibility index (Phi) is 5.27. The van der Waals surface area contributed by atoms with Gasteiger partial charge in [0.05, 0.1) is 22.9 Å². The van der Waals surface area contributed by atoms with Gasteiger partial charge in [-0.15, -0.1) is 0 Å². The zero-order chi connectivity index (χ0) is 22.3. The summed E-state index contributed by atoms with van der Waals surface area (Å²) in [5.41, 5.74) is -0.254. The number of hydrogen-bond donors (Lipinski definition) is 1. The largest absolute Gasteiger partial charge is 0.482 e. The summed E-state index contributed by atoms with van der Waals surface area (Å²) in [7, 11) is -4.37. The van der Waals surface area contributed by atoms with Gasteiger partial charge in [0.25, 0.3) is 15.9 Å². The van der Waals surface area contributed by atoms with Crippen LogP contribution in [-0.4, -0.2) is 31.1 Å². The smallest absolute Gasteiger partial charge is 0.265 e. The number of benzene rings is 2. The van der Waals surface area contributed by atoms with Gasteiger partial charge in [-0.1, -0.05) is 16.8 Å². The van der Waals surface area contributed by atoms with Crippen LogP contribution in [-0.2, 0) is 21.4 Å². The maximum atomic E-state index is 13.9. The molecule has 1 aliphatic heterocycles. The molecule has 3 aromatic rings. The van der Waals surface area contributed by atoms with Crippen LogP contribution in [0.1, 0.15) is 11.7 Å². The predicted molar refractivity (Wildman–Crippen MR) is 104 cm³/mol. The van der Waals surface area contributed by atoms with Crippen LogP contribution in [0.2, 0.25) is 5.02 Å². The Hall–Kier alpha value is -3.25. The summed E-state index contributed by atoms with van der Waals surface area (Å²) in [5, 5.41) is 3.49. The molecule has 1 aliphatic rings. The van der Waals surface area contributed by atoms with E-state index in [1.165, 1.54) is 11.0 Å². The van der Waals surface area contributed by atoms with E-state index in [0.29, 0.717) is 12.0 Å². The van der Waals surface area contributed by atoms with Crippen LogP contribution in [0.4, 0.5) is 20.2 Å². The minimum Gasteiger partial charge on any atom is -0.482 e. The monoisotopic (exact) mass is 470 g/mol. The van der Waals surface area contributed by atoms with E-state index in [1.807, 2.05) is 4.72 Å². The first-order valence-electron chi connectivity index (χ1n) is 8.68. The van der Waals surface area contributed by atoms with E-state index in [1.54, 1.807) is 6.92 Å². The molecule has 1 amide bonds. The van der Waals surface area contributed by atoms with Gasteiger partial charge in [-0.05, 0) is 18.2 Å². The van der Waals surface area contributed by atoms with Crippen LogP contribution < -0.4 is 14.4 Å². The Bertz CT molecular complexity index is 1300. The number of carbonyl (C=O) groups is 1. The van der Waals surface area contributed by atoms with Crippen LogP contribution in [0.3, 0.4) is 0 Å². The quantitative estimate of drug-likeness (QED) is 0.609. The summed E-state index contributed by atoms with van der Waals surface area (Å²) < 4.78 is 64.8. The van der Waals surface area contributed by atoms with Crippen molar-refractivity contribution >= 4 is 38.9 Å². The van der Waals surface area contributed by atoms with E-state index in [9.17, 15) is 22.0 Å². The van der Waals surface area contributed by atoms with Gasteiger partial charge in [-0.25, -0.2) is 17.2 Å². The number of carbonyl (C=O) groups excluding carboxylic acids is 1. The predicted octanol–water partition coefficient (Wildman–Crippen LogP) is 3.04. The second-order valence-electron chi connectivity index (χ2n) is 6.48. The molecule has 0 aliphatic carbocycles. The Labute approximate surface area is 179 Å². The molecule has 0 saturated heterocycles. The molecule has 0 saturated carbocycles. The number of amides is 1. The number of fused-ring (bicyclic) bond motifs is 1. The number of nitrogens with one attached hydrogen (secondary N) is 1. The molecule has 9 nitrogen and oxygen atoms in total. The molecular weight excluding hydrogens is 458 g/mol. The van der Waals surface area contributed by atoms with Crippen molar-refractivity contribution < 1.29 is 31.3 Å². The highest BCUT2D eigenvalue weighted by molar-refractivity contribution is 7.92. The molecule has 0 spiro atoms. The maximum absolute atomic E-state index is 13.9. The zero-order valence-electron chi connectivity index (χ0n) is 15.7. The molecule has 0 fully saturated rings. The Morgan fingerprint density at radius 2 is 2.03 bits per heavy atom. The van der Waals surface area contributed by atoms with E-state index in [-0.39, 0.29) is 35.4 Å². The van der Waals surface area contributed by atoms with Crippen molar-refractivity contribution in [2.24, 2.45) is 0 Å². The van der Waals surface area contributed by atoms with E-state index in [2.05, 4.69) is 10.1 Å². The summed E-state index contributed by atoms with van der Waals surface area (Å²) in [6.07, 6.45) is 0. The highest BCUT2D eigenvalue weighted by atomic mass is 35.5. The minimum atomic E-state index is -4.37. The molecule has 13 heteroatoms. The van der Waals surface area contributed by atoms with Crippen molar-refractivity contribution in [3.05, 3.63) is 58.7 Å². The highest BCUT2D eigenvalue weighted by Gasteiger charge is 2.31. The van der Waals surface area contributed by atoms with Crippen LogP contribution in [0.25, 0.3) is 0 Å². The molecule has 0 radical (unpaired) electrons. The number of rotatable bonds is 5. The Balaban J connectivity index is 1.69. The third-order valence-corrected chi connectivity index (χ3v) is 6.12. The summed E-state index contributed by atoms with van der Waals surface area (Å²) >= 11 is 6.18. The highest BCUT2D eigenvalue weighted by Crippen LogP contribution is 2.39. The van der Waals surface area contributed by atoms with Crippen molar-refractivity contribution in [3.63, 3.8) is 0 Å². The first kappa shape index (κ1) is 21.0. The average Bonchev–Trinajstić information content (AvgIpc) is 3.11. The summed E-state index contributed by atoms with van der Waals surface area (Å²) in [5.74, 6) is -1.77. The molecular formula is C18H13ClF2N4O5S. The number of nitrogens with zero attached hydrogens (tertiary/aromatic N) is 3. The molecule has 31 heavy (non-hydrogen) atoms.